The molecule has 2 aromatic heterocycles. The monoisotopic (exact) mass is 475 g/mol. The van der Waals surface area contributed by atoms with Crippen molar-refractivity contribution in [2.75, 3.05) is 0 Å². The molecular formula is C30H29N5O. The Kier molecular flexibility index (Phi) is 5.69. The number of nitrogens with zero attached hydrogens (tertiary/aromatic N) is 3. The number of imidazole rings is 2. The quantitative estimate of drug-likeness (QED) is 0.370. The lowest BCUT2D eigenvalue weighted by atomic mass is 10.1. The van der Waals surface area contributed by atoms with E-state index in [0.717, 1.165) is 52.3 Å². The minimum Gasteiger partial charge on any atom is -0.345 e. The number of rotatable bonds is 5. The van der Waals surface area contributed by atoms with Crippen LogP contribution in [0, 0.1) is 23.7 Å². The van der Waals surface area contributed by atoms with Gasteiger partial charge >= 0.3 is 0 Å². The van der Waals surface area contributed by atoms with Crippen LogP contribution in [0.25, 0.3) is 22.5 Å². The highest BCUT2D eigenvalue weighted by molar-refractivity contribution is 5.78. The van der Waals surface area contributed by atoms with E-state index < -0.39 is 0 Å². The van der Waals surface area contributed by atoms with Crippen LogP contribution in [-0.2, 0) is 4.79 Å². The number of amides is 1. The summed E-state index contributed by atoms with van der Waals surface area (Å²) in [6.07, 6.45) is 8.13. The number of aromatic amines is 2. The third-order valence-electron chi connectivity index (χ3n) is 7.13. The lowest BCUT2D eigenvalue weighted by molar-refractivity contribution is -0.134. The van der Waals surface area contributed by atoms with Crippen molar-refractivity contribution >= 4 is 5.91 Å². The topological polar surface area (TPSA) is 77.7 Å². The molecule has 2 fully saturated rings. The van der Waals surface area contributed by atoms with E-state index in [9.17, 15) is 4.79 Å². The first-order valence-corrected chi connectivity index (χ1v) is 12.6. The van der Waals surface area contributed by atoms with E-state index >= 15 is 0 Å². The molecule has 6 nitrogen and oxygen atoms in total. The van der Waals surface area contributed by atoms with E-state index in [1.165, 1.54) is 0 Å². The average Bonchev–Trinajstić information content (AvgIpc) is 3.31. The first-order chi connectivity index (χ1) is 17.5. The zero-order chi connectivity index (χ0) is 24.6. The van der Waals surface area contributed by atoms with Crippen molar-refractivity contribution in [3.63, 3.8) is 0 Å². The summed E-state index contributed by atoms with van der Waals surface area (Å²) < 4.78 is 0. The highest BCUT2D eigenvalue weighted by Crippen LogP contribution is 2.53. The molecule has 2 unspecified atom stereocenters. The van der Waals surface area contributed by atoms with Gasteiger partial charge in [-0.05, 0) is 60.1 Å². The second-order valence-corrected chi connectivity index (χ2v) is 10.3. The van der Waals surface area contributed by atoms with Crippen LogP contribution in [0.3, 0.4) is 0 Å². The van der Waals surface area contributed by atoms with Crippen molar-refractivity contribution in [3.8, 4) is 34.4 Å². The van der Waals surface area contributed by atoms with Gasteiger partial charge in [-0.1, -0.05) is 50.0 Å². The van der Waals surface area contributed by atoms with Crippen molar-refractivity contribution in [3.05, 3.63) is 84.2 Å². The fourth-order valence-electron chi connectivity index (χ4n) is 5.19. The second kappa shape index (κ2) is 9.16. The van der Waals surface area contributed by atoms with Crippen LogP contribution in [0.4, 0.5) is 0 Å². The van der Waals surface area contributed by atoms with E-state index in [-0.39, 0.29) is 11.9 Å². The largest absolute Gasteiger partial charge is 0.345 e. The van der Waals surface area contributed by atoms with Gasteiger partial charge in [-0.25, -0.2) is 9.97 Å². The number of carbonyl (C=O) groups excluding carboxylic acids is 1. The number of piperidine rings is 1. The fraction of sp³-hybridized carbons (Fsp3) is 0.300. The molecule has 6 rings (SSSR count). The van der Waals surface area contributed by atoms with Gasteiger partial charge in [0.1, 0.15) is 5.82 Å². The standard InChI is InChI=1S/C30H29N5O/c1-19(2)13-29(36)35-27-14-24(27)15-28(35)30-32-17-26(34-30)23-11-7-21(8-12-23)4-3-20-5-9-22(10-6-20)25-16-31-18-33-25/h5-12,16-19,24,27-28H,13-15H2,1-2H3,(H,31,33)(H,32,34)/t24?,27?,28-/m0/s1. The number of hydrogen-bond acceptors (Lipinski definition) is 3. The summed E-state index contributed by atoms with van der Waals surface area (Å²) in [4.78, 5) is 30.4. The Labute approximate surface area is 211 Å². The maximum Gasteiger partial charge on any atom is 0.223 e. The molecule has 0 bridgehead atoms. The molecule has 6 heteroatoms. The van der Waals surface area contributed by atoms with Crippen LogP contribution in [0.2, 0.25) is 0 Å². The van der Waals surface area contributed by atoms with Crippen molar-refractivity contribution in [1.29, 1.82) is 0 Å². The minimum atomic E-state index is 0.0681. The summed E-state index contributed by atoms with van der Waals surface area (Å²) >= 11 is 0. The van der Waals surface area contributed by atoms with Crippen LogP contribution < -0.4 is 0 Å². The van der Waals surface area contributed by atoms with E-state index in [1.54, 1.807) is 6.33 Å². The van der Waals surface area contributed by atoms with E-state index in [2.05, 4.69) is 62.7 Å². The smallest absolute Gasteiger partial charge is 0.223 e. The number of fused-ring (bicyclic) bond motifs is 1. The summed E-state index contributed by atoms with van der Waals surface area (Å²) in [6.45, 7) is 4.20. The normalized spacial score (nSPS) is 20.2. The van der Waals surface area contributed by atoms with Gasteiger partial charge < -0.3 is 14.9 Å². The predicted octanol–water partition coefficient (Wildman–Crippen LogP) is 5.57. The molecule has 1 aliphatic carbocycles. The van der Waals surface area contributed by atoms with Crippen LogP contribution in [0.5, 0.6) is 0 Å². The van der Waals surface area contributed by atoms with Crippen LogP contribution >= 0.6 is 0 Å². The predicted molar refractivity (Wildman–Crippen MR) is 140 cm³/mol. The Bertz CT molecular complexity index is 1420. The number of likely N-dealkylation sites (tertiary alicyclic amines) is 1. The van der Waals surface area contributed by atoms with Crippen molar-refractivity contribution in [2.45, 2.75) is 45.2 Å². The Morgan fingerprint density at radius 3 is 2.25 bits per heavy atom. The summed E-state index contributed by atoms with van der Waals surface area (Å²) in [5, 5.41) is 0. The Hall–Kier alpha value is -4.11. The molecule has 0 spiro atoms. The molecule has 1 aliphatic heterocycles. The van der Waals surface area contributed by atoms with Gasteiger partial charge in [-0.15, -0.1) is 0 Å². The Balaban J connectivity index is 1.14. The molecule has 0 radical (unpaired) electrons. The first-order valence-electron chi connectivity index (χ1n) is 12.6. The van der Waals surface area contributed by atoms with Crippen LogP contribution in [0.15, 0.2) is 67.3 Å². The van der Waals surface area contributed by atoms with Crippen molar-refractivity contribution in [2.24, 2.45) is 11.8 Å². The van der Waals surface area contributed by atoms with Gasteiger partial charge in [-0.3, -0.25) is 4.79 Å². The number of H-pyrrole nitrogens is 2. The maximum absolute atomic E-state index is 12.9. The van der Waals surface area contributed by atoms with Gasteiger partial charge in [0, 0.05) is 23.6 Å². The molecule has 1 saturated carbocycles. The van der Waals surface area contributed by atoms with Gasteiger partial charge in [0.15, 0.2) is 0 Å². The maximum atomic E-state index is 12.9. The number of aromatic nitrogens is 4. The van der Waals surface area contributed by atoms with E-state index in [1.807, 2.05) is 48.8 Å². The van der Waals surface area contributed by atoms with E-state index in [0.29, 0.717) is 24.3 Å². The molecule has 2 aromatic carbocycles. The minimum absolute atomic E-state index is 0.0681. The summed E-state index contributed by atoms with van der Waals surface area (Å²) in [7, 11) is 0. The number of hydrogen-bond donors (Lipinski definition) is 2. The number of nitrogens with one attached hydrogen (secondary N) is 2. The summed E-state index contributed by atoms with van der Waals surface area (Å²) in [6, 6.07) is 16.8. The van der Waals surface area contributed by atoms with E-state index in [4.69, 9.17) is 0 Å². The molecule has 2 aliphatic rings. The molecule has 36 heavy (non-hydrogen) atoms. The second-order valence-electron chi connectivity index (χ2n) is 10.3. The van der Waals surface area contributed by atoms with Crippen molar-refractivity contribution < 1.29 is 4.79 Å². The lowest BCUT2D eigenvalue weighted by Gasteiger charge is -2.27. The van der Waals surface area contributed by atoms with Crippen LogP contribution in [0.1, 0.15) is 56.1 Å². The molecule has 3 atom stereocenters. The fourth-order valence-corrected chi connectivity index (χ4v) is 5.19. The highest BCUT2D eigenvalue weighted by atomic mass is 16.2. The molecule has 4 aromatic rings. The SMILES string of the molecule is CC(C)CC(=O)N1C2CC2C[C@H]1c1ncc(-c2ccc(C#Cc3ccc(-c4cnc[nH]4)cc3)cc2)[nH]1. The number of carbonyl (C=O) groups is 1. The molecule has 180 valence electrons. The van der Waals surface area contributed by atoms with Crippen molar-refractivity contribution in [1.82, 2.24) is 24.8 Å². The zero-order valence-electron chi connectivity index (χ0n) is 20.5. The van der Waals surface area contributed by atoms with Gasteiger partial charge in [0.2, 0.25) is 5.91 Å². The first kappa shape index (κ1) is 22.4. The lowest BCUT2D eigenvalue weighted by Crippen LogP contribution is -2.34. The number of benzene rings is 2. The average molecular weight is 476 g/mol. The Morgan fingerprint density at radius 2 is 1.64 bits per heavy atom. The highest BCUT2D eigenvalue weighted by Gasteiger charge is 2.54. The molecule has 3 heterocycles. The van der Waals surface area contributed by atoms with Crippen LogP contribution in [-0.4, -0.2) is 36.8 Å². The zero-order valence-corrected chi connectivity index (χ0v) is 20.5. The molecule has 1 saturated heterocycles. The third kappa shape index (κ3) is 4.45. The molecule has 2 N–H and O–H groups in total. The molecular weight excluding hydrogens is 446 g/mol. The third-order valence-corrected chi connectivity index (χ3v) is 7.13. The van der Waals surface area contributed by atoms with Gasteiger partial charge in [-0.2, -0.15) is 0 Å². The summed E-state index contributed by atoms with van der Waals surface area (Å²) in [5.41, 5.74) is 6.03. The van der Waals surface area contributed by atoms with Gasteiger partial charge in [0.05, 0.1) is 36.2 Å². The summed E-state index contributed by atoms with van der Waals surface area (Å²) in [5.74, 6) is 8.65. The Morgan fingerprint density at radius 1 is 0.972 bits per heavy atom. The van der Waals surface area contributed by atoms with Gasteiger partial charge in [0.25, 0.3) is 0 Å². The molecule has 1 amide bonds.